The molecule has 1 atom stereocenters. The Hall–Kier alpha value is -1.10. The number of amides is 1. The number of halogens is 1. The van der Waals surface area contributed by atoms with Crippen molar-refractivity contribution >= 4 is 23.2 Å². The monoisotopic (exact) mass is 256 g/mol. The molecule has 4 nitrogen and oxygen atoms in total. The molecule has 0 bridgehead atoms. The molecule has 1 aromatic rings. The van der Waals surface area contributed by atoms with Crippen molar-refractivity contribution in [1.29, 1.82) is 0 Å². The van der Waals surface area contributed by atoms with Gasteiger partial charge < -0.3 is 10.4 Å². The van der Waals surface area contributed by atoms with Crippen LogP contribution in [0.5, 0.6) is 0 Å². The Balaban J connectivity index is 2.44. The molecule has 0 heterocycles. The average molecular weight is 257 g/mol. The largest absolute Gasteiger partial charge is 0.392 e. The van der Waals surface area contributed by atoms with Crippen molar-refractivity contribution in [2.24, 2.45) is 0 Å². The summed E-state index contributed by atoms with van der Waals surface area (Å²) < 4.78 is 0. The van der Waals surface area contributed by atoms with Crippen molar-refractivity contribution < 1.29 is 9.90 Å². The highest BCUT2D eigenvalue weighted by atomic mass is 35.5. The second-order valence-electron chi connectivity index (χ2n) is 4.10. The Morgan fingerprint density at radius 1 is 1.59 bits per heavy atom. The molecule has 5 heteroatoms. The summed E-state index contributed by atoms with van der Waals surface area (Å²) in [6.45, 7) is 2.38. The summed E-state index contributed by atoms with van der Waals surface area (Å²) in [4.78, 5) is 13.4. The SMILES string of the molecule is CC(O)CN(C)CC(=O)Nc1cccc(Cl)c1. The number of aliphatic hydroxyl groups is 1. The lowest BCUT2D eigenvalue weighted by Crippen LogP contribution is -2.34. The fraction of sp³-hybridized carbons (Fsp3) is 0.417. The second kappa shape index (κ2) is 6.59. The first-order chi connectivity index (χ1) is 7.97. The van der Waals surface area contributed by atoms with Crippen LogP contribution in [0.1, 0.15) is 6.92 Å². The van der Waals surface area contributed by atoms with E-state index in [-0.39, 0.29) is 12.5 Å². The molecule has 0 aliphatic rings. The maximum atomic E-state index is 11.6. The van der Waals surface area contributed by atoms with Crippen molar-refractivity contribution in [2.45, 2.75) is 13.0 Å². The van der Waals surface area contributed by atoms with Gasteiger partial charge in [0.15, 0.2) is 0 Å². The van der Waals surface area contributed by atoms with Crippen LogP contribution in [0.2, 0.25) is 5.02 Å². The van der Waals surface area contributed by atoms with Crippen LogP contribution in [-0.2, 0) is 4.79 Å². The van der Waals surface area contributed by atoms with E-state index in [1.165, 1.54) is 0 Å². The lowest BCUT2D eigenvalue weighted by molar-refractivity contribution is -0.117. The number of hydrogen-bond donors (Lipinski definition) is 2. The zero-order valence-electron chi connectivity index (χ0n) is 9.98. The predicted molar refractivity (Wildman–Crippen MR) is 69.3 cm³/mol. The van der Waals surface area contributed by atoms with Gasteiger partial charge in [0.2, 0.25) is 5.91 Å². The predicted octanol–water partition coefficient (Wildman–Crippen LogP) is 1.59. The molecule has 0 saturated heterocycles. The first kappa shape index (κ1) is 14.0. The number of hydrogen-bond acceptors (Lipinski definition) is 3. The van der Waals surface area contributed by atoms with E-state index in [4.69, 9.17) is 11.6 Å². The van der Waals surface area contributed by atoms with Gasteiger partial charge in [-0.2, -0.15) is 0 Å². The first-order valence-corrected chi connectivity index (χ1v) is 5.77. The topological polar surface area (TPSA) is 52.6 Å². The Kier molecular flexibility index (Phi) is 5.41. The lowest BCUT2D eigenvalue weighted by Gasteiger charge is -2.17. The van der Waals surface area contributed by atoms with Gasteiger partial charge in [0.05, 0.1) is 12.6 Å². The molecule has 0 spiro atoms. The number of likely N-dealkylation sites (N-methyl/N-ethyl adjacent to an activating group) is 1. The molecule has 0 fully saturated rings. The summed E-state index contributed by atoms with van der Waals surface area (Å²) in [7, 11) is 1.78. The summed E-state index contributed by atoms with van der Waals surface area (Å²) in [6.07, 6.45) is -0.445. The minimum Gasteiger partial charge on any atom is -0.392 e. The van der Waals surface area contributed by atoms with Crippen LogP contribution in [-0.4, -0.2) is 42.2 Å². The van der Waals surface area contributed by atoms with Crippen molar-refractivity contribution in [3.05, 3.63) is 29.3 Å². The molecule has 0 aliphatic carbocycles. The second-order valence-corrected chi connectivity index (χ2v) is 4.54. The number of carbonyl (C=O) groups is 1. The van der Waals surface area contributed by atoms with E-state index in [2.05, 4.69) is 5.32 Å². The molecule has 1 aromatic carbocycles. The zero-order chi connectivity index (χ0) is 12.8. The van der Waals surface area contributed by atoms with Gasteiger partial charge in [0.1, 0.15) is 0 Å². The molecular formula is C12H17ClN2O2. The van der Waals surface area contributed by atoms with E-state index < -0.39 is 6.10 Å². The number of aliphatic hydroxyl groups excluding tert-OH is 1. The third-order valence-electron chi connectivity index (χ3n) is 2.10. The van der Waals surface area contributed by atoms with E-state index in [0.29, 0.717) is 17.3 Å². The van der Waals surface area contributed by atoms with Gasteiger partial charge in [-0.1, -0.05) is 17.7 Å². The minimum atomic E-state index is -0.445. The summed E-state index contributed by atoms with van der Waals surface area (Å²) in [6, 6.07) is 6.99. The molecule has 94 valence electrons. The lowest BCUT2D eigenvalue weighted by atomic mass is 10.3. The standard InChI is InChI=1S/C12H17ClN2O2/c1-9(16)7-15(2)8-12(17)14-11-5-3-4-10(13)6-11/h3-6,9,16H,7-8H2,1-2H3,(H,14,17). The van der Waals surface area contributed by atoms with Crippen LogP contribution in [0, 0.1) is 0 Å². The molecule has 1 amide bonds. The maximum Gasteiger partial charge on any atom is 0.238 e. The molecule has 0 saturated carbocycles. The molecule has 1 rings (SSSR count). The van der Waals surface area contributed by atoms with Gasteiger partial charge in [-0.25, -0.2) is 0 Å². The van der Waals surface area contributed by atoms with Crippen LogP contribution in [0.25, 0.3) is 0 Å². The molecule has 0 aromatic heterocycles. The number of nitrogens with one attached hydrogen (secondary N) is 1. The van der Waals surface area contributed by atoms with Gasteiger partial charge >= 0.3 is 0 Å². The van der Waals surface area contributed by atoms with Gasteiger partial charge in [-0.3, -0.25) is 9.69 Å². The third kappa shape index (κ3) is 5.68. The summed E-state index contributed by atoms with van der Waals surface area (Å²) >= 11 is 5.81. The van der Waals surface area contributed by atoms with Crippen LogP contribution in [0.4, 0.5) is 5.69 Å². The van der Waals surface area contributed by atoms with E-state index in [9.17, 15) is 9.90 Å². The maximum absolute atomic E-state index is 11.6. The highest BCUT2D eigenvalue weighted by Crippen LogP contribution is 2.14. The molecule has 17 heavy (non-hydrogen) atoms. The molecule has 1 unspecified atom stereocenters. The Bertz CT molecular complexity index is 383. The quantitative estimate of drug-likeness (QED) is 0.841. The Morgan fingerprint density at radius 3 is 2.88 bits per heavy atom. The van der Waals surface area contributed by atoms with Gasteiger partial charge in [-0.05, 0) is 32.2 Å². The summed E-state index contributed by atoms with van der Waals surface area (Å²) in [5.74, 6) is -0.129. The van der Waals surface area contributed by atoms with E-state index in [1.807, 2.05) is 0 Å². The first-order valence-electron chi connectivity index (χ1n) is 5.39. The van der Waals surface area contributed by atoms with Crippen LogP contribution < -0.4 is 5.32 Å². The van der Waals surface area contributed by atoms with Crippen LogP contribution in [0.15, 0.2) is 24.3 Å². The molecular weight excluding hydrogens is 240 g/mol. The number of anilines is 1. The Morgan fingerprint density at radius 2 is 2.29 bits per heavy atom. The summed E-state index contributed by atoms with van der Waals surface area (Å²) in [5, 5.41) is 12.5. The number of rotatable bonds is 5. The van der Waals surface area contributed by atoms with E-state index in [1.54, 1.807) is 43.1 Å². The van der Waals surface area contributed by atoms with Crippen molar-refractivity contribution in [2.75, 3.05) is 25.5 Å². The number of benzene rings is 1. The van der Waals surface area contributed by atoms with Gasteiger partial charge in [0, 0.05) is 17.3 Å². The minimum absolute atomic E-state index is 0.129. The van der Waals surface area contributed by atoms with Crippen molar-refractivity contribution in [1.82, 2.24) is 4.90 Å². The van der Waals surface area contributed by atoms with Gasteiger partial charge in [0.25, 0.3) is 0 Å². The highest BCUT2D eigenvalue weighted by Gasteiger charge is 2.08. The van der Waals surface area contributed by atoms with Crippen molar-refractivity contribution in [3.8, 4) is 0 Å². The fourth-order valence-corrected chi connectivity index (χ4v) is 1.72. The summed E-state index contributed by atoms with van der Waals surface area (Å²) in [5.41, 5.74) is 0.674. The molecule has 0 aliphatic heterocycles. The van der Waals surface area contributed by atoms with E-state index in [0.717, 1.165) is 0 Å². The smallest absolute Gasteiger partial charge is 0.238 e. The zero-order valence-corrected chi connectivity index (χ0v) is 10.7. The van der Waals surface area contributed by atoms with Crippen LogP contribution >= 0.6 is 11.6 Å². The van der Waals surface area contributed by atoms with E-state index >= 15 is 0 Å². The molecule has 2 N–H and O–H groups in total. The third-order valence-corrected chi connectivity index (χ3v) is 2.33. The van der Waals surface area contributed by atoms with Crippen LogP contribution in [0.3, 0.4) is 0 Å². The van der Waals surface area contributed by atoms with Gasteiger partial charge in [-0.15, -0.1) is 0 Å². The number of nitrogens with zero attached hydrogens (tertiary/aromatic N) is 1. The number of carbonyl (C=O) groups excluding carboxylic acids is 1. The fourth-order valence-electron chi connectivity index (χ4n) is 1.53. The molecule has 0 radical (unpaired) electrons. The average Bonchev–Trinajstić information content (AvgIpc) is 2.14. The van der Waals surface area contributed by atoms with Crippen molar-refractivity contribution in [3.63, 3.8) is 0 Å². The highest BCUT2D eigenvalue weighted by molar-refractivity contribution is 6.30. The normalized spacial score (nSPS) is 12.5. The Labute approximate surface area is 106 Å².